The van der Waals surface area contributed by atoms with Gasteiger partial charge in [0.2, 0.25) is 5.91 Å². The van der Waals surface area contributed by atoms with Crippen molar-refractivity contribution in [2.75, 3.05) is 6.61 Å². The second-order valence-electron chi connectivity index (χ2n) is 3.88. The first kappa shape index (κ1) is 14.0. The number of carbonyl (C=O) groups is 2. The van der Waals surface area contributed by atoms with Gasteiger partial charge in [0.25, 0.3) is 0 Å². The minimum Gasteiger partial charge on any atom is -0.508 e. The predicted molar refractivity (Wildman–Crippen MR) is 66.0 cm³/mol. The highest BCUT2D eigenvalue weighted by Gasteiger charge is 2.16. The van der Waals surface area contributed by atoms with Crippen LogP contribution in [-0.2, 0) is 20.7 Å². The summed E-state index contributed by atoms with van der Waals surface area (Å²) in [6, 6.07) is 5.68. The molecule has 98 valence electrons. The van der Waals surface area contributed by atoms with Crippen molar-refractivity contribution < 1.29 is 19.4 Å². The maximum atomic E-state index is 11.6. The molecule has 1 atom stereocenters. The number of esters is 1. The highest BCUT2D eigenvalue weighted by atomic mass is 16.5. The molecule has 0 aliphatic heterocycles. The van der Waals surface area contributed by atoms with Gasteiger partial charge in [0.1, 0.15) is 11.8 Å². The molecule has 1 unspecified atom stereocenters. The van der Waals surface area contributed by atoms with Gasteiger partial charge in [0.05, 0.1) is 13.0 Å². The Kier molecular flexibility index (Phi) is 5.17. The van der Waals surface area contributed by atoms with E-state index in [1.165, 1.54) is 12.1 Å². The highest BCUT2D eigenvalue weighted by molar-refractivity contribution is 5.85. The number of benzene rings is 1. The summed E-state index contributed by atoms with van der Waals surface area (Å²) in [6.07, 6.45) is 0.157. The van der Waals surface area contributed by atoms with Crippen LogP contribution >= 0.6 is 0 Å². The zero-order chi connectivity index (χ0) is 13.5. The van der Waals surface area contributed by atoms with E-state index in [4.69, 9.17) is 9.84 Å². The second kappa shape index (κ2) is 6.64. The highest BCUT2D eigenvalue weighted by Crippen LogP contribution is 2.09. The summed E-state index contributed by atoms with van der Waals surface area (Å²) in [5.41, 5.74) is 0.765. The second-order valence-corrected chi connectivity index (χ2v) is 3.88. The third-order valence-corrected chi connectivity index (χ3v) is 2.32. The number of nitrogens with one attached hydrogen (secondary N) is 1. The molecular weight excluding hydrogens is 234 g/mol. The van der Waals surface area contributed by atoms with E-state index in [9.17, 15) is 9.59 Å². The predicted octanol–water partition coefficient (Wildman–Crippen LogP) is 1.00. The summed E-state index contributed by atoms with van der Waals surface area (Å²) in [6.45, 7) is 3.58. The van der Waals surface area contributed by atoms with E-state index < -0.39 is 12.0 Å². The standard InChI is InChI=1S/C13H17NO4/c1-3-18-13(17)9(2)14-12(16)8-10-4-6-11(15)7-5-10/h4-7,9,15H,3,8H2,1-2H3,(H,14,16). The minimum atomic E-state index is -0.658. The Morgan fingerprint density at radius 1 is 1.33 bits per heavy atom. The molecule has 1 amide bonds. The normalized spacial score (nSPS) is 11.7. The molecule has 0 saturated heterocycles. The monoisotopic (exact) mass is 251 g/mol. The van der Waals surface area contributed by atoms with E-state index in [0.29, 0.717) is 0 Å². The van der Waals surface area contributed by atoms with Crippen molar-refractivity contribution in [2.45, 2.75) is 26.3 Å². The van der Waals surface area contributed by atoms with Crippen LogP contribution in [0.2, 0.25) is 0 Å². The average Bonchev–Trinajstić information content (AvgIpc) is 2.32. The molecule has 5 nitrogen and oxygen atoms in total. The zero-order valence-electron chi connectivity index (χ0n) is 10.5. The molecule has 0 heterocycles. The lowest BCUT2D eigenvalue weighted by Gasteiger charge is -2.12. The van der Waals surface area contributed by atoms with Crippen molar-refractivity contribution in [1.29, 1.82) is 0 Å². The van der Waals surface area contributed by atoms with Gasteiger partial charge >= 0.3 is 5.97 Å². The fourth-order valence-electron chi connectivity index (χ4n) is 1.42. The molecular formula is C13H17NO4. The molecule has 18 heavy (non-hydrogen) atoms. The molecule has 0 bridgehead atoms. The van der Waals surface area contributed by atoms with Crippen LogP contribution < -0.4 is 5.32 Å². The van der Waals surface area contributed by atoms with Crippen LogP contribution in [0.1, 0.15) is 19.4 Å². The average molecular weight is 251 g/mol. The molecule has 5 heteroatoms. The van der Waals surface area contributed by atoms with Crippen molar-refractivity contribution in [3.05, 3.63) is 29.8 Å². The van der Waals surface area contributed by atoms with Gasteiger partial charge in [-0.15, -0.1) is 0 Å². The van der Waals surface area contributed by atoms with Gasteiger partial charge in [-0.25, -0.2) is 4.79 Å². The summed E-state index contributed by atoms with van der Waals surface area (Å²) in [5, 5.41) is 11.7. The third-order valence-electron chi connectivity index (χ3n) is 2.32. The van der Waals surface area contributed by atoms with Crippen LogP contribution in [0.15, 0.2) is 24.3 Å². The van der Waals surface area contributed by atoms with Crippen LogP contribution in [0.4, 0.5) is 0 Å². The van der Waals surface area contributed by atoms with Gasteiger partial charge < -0.3 is 15.2 Å². The van der Waals surface area contributed by atoms with E-state index in [1.807, 2.05) is 0 Å². The Hall–Kier alpha value is -2.04. The first-order valence-electron chi connectivity index (χ1n) is 5.76. The van der Waals surface area contributed by atoms with Crippen molar-refractivity contribution in [3.63, 3.8) is 0 Å². The van der Waals surface area contributed by atoms with Crippen molar-refractivity contribution in [1.82, 2.24) is 5.32 Å². The maximum Gasteiger partial charge on any atom is 0.328 e. The number of phenols is 1. The molecule has 1 aromatic rings. The lowest BCUT2D eigenvalue weighted by molar-refractivity contribution is -0.146. The molecule has 1 rings (SSSR count). The van der Waals surface area contributed by atoms with Gasteiger partial charge in [0, 0.05) is 0 Å². The lowest BCUT2D eigenvalue weighted by Crippen LogP contribution is -2.40. The number of hydrogen-bond acceptors (Lipinski definition) is 4. The van der Waals surface area contributed by atoms with E-state index in [0.717, 1.165) is 5.56 Å². The van der Waals surface area contributed by atoms with Crippen molar-refractivity contribution in [3.8, 4) is 5.75 Å². The van der Waals surface area contributed by atoms with Crippen LogP contribution in [0.3, 0.4) is 0 Å². The Morgan fingerprint density at radius 2 is 1.94 bits per heavy atom. The Labute approximate surface area is 106 Å². The number of rotatable bonds is 5. The number of amides is 1. The van der Waals surface area contributed by atoms with E-state index in [-0.39, 0.29) is 24.7 Å². The Balaban J connectivity index is 2.46. The fraction of sp³-hybridized carbons (Fsp3) is 0.385. The number of hydrogen-bond donors (Lipinski definition) is 2. The molecule has 0 fully saturated rings. The van der Waals surface area contributed by atoms with Gasteiger partial charge in [-0.05, 0) is 31.5 Å². The number of carbonyl (C=O) groups excluding carboxylic acids is 2. The quantitative estimate of drug-likeness (QED) is 0.766. The Morgan fingerprint density at radius 3 is 2.50 bits per heavy atom. The summed E-state index contributed by atoms with van der Waals surface area (Å²) >= 11 is 0. The minimum absolute atomic E-state index is 0.152. The summed E-state index contributed by atoms with van der Waals surface area (Å²) in [5.74, 6) is -0.558. The van der Waals surface area contributed by atoms with Crippen LogP contribution in [0.25, 0.3) is 0 Å². The summed E-state index contributed by atoms with van der Waals surface area (Å²) in [4.78, 5) is 22.9. The number of ether oxygens (including phenoxy) is 1. The molecule has 1 aromatic carbocycles. The molecule has 0 spiro atoms. The van der Waals surface area contributed by atoms with E-state index in [1.54, 1.807) is 26.0 Å². The molecule has 0 aliphatic carbocycles. The smallest absolute Gasteiger partial charge is 0.328 e. The van der Waals surface area contributed by atoms with Gasteiger partial charge in [0.15, 0.2) is 0 Å². The molecule has 0 aromatic heterocycles. The number of aromatic hydroxyl groups is 1. The molecule has 0 aliphatic rings. The SMILES string of the molecule is CCOC(=O)C(C)NC(=O)Cc1ccc(O)cc1. The maximum absolute atomic E-state index is 11.6. The first-order valence-corrected chi connectivity index (χ1v) is 5.76. The van der Waals surface area contributed by atoms with E-state index >= 15 is 0 Å². The van der Waals surface area contributed by atoms with Crippen LogP contribution in [-0.4, -0.2) is 29.6 Å². The molecule has 0 radical (unpaired) electrons. The van der Waals surface area contributed by atoms with Crippen LogP contribution in [0.5, 0.6) is 5.75 Å². The molecule has 0 saturated carbocycles. The largest absolute Gasteiger partial charge is 0.508 e. The lowest BCUT2D eigenvalue weighted by atomic mass is 10.1. The summed E-state index contributed by atoms with van der Waals surface area (Å²) < 4.78 is 4.78. The summed E-state index contributed by atoms with van der Waals surface area (Å²) in [7, 11) is 0. The fourth-order valence-corrected chi connectivity index (χ4v) is 1.42. The third kappa shape index (κ3) is 4.45. The van der Waals surface area contributed by atoms with E-state index in [2.05, 4.69) is 5.32 Å². The van der Waals surface area contributed by atoms with Gasteiger partial charge in [-0.2, -0.15) is 0 Å². The van der Waals surface area contributed by atoms with Gasteiger partial charge in [-0.3, -0.25) is 4.79 Å². The van der Waals surface area contributed by atoms with Crippen LogP contribution in [0, 0.1) is 0 Å². The van der Waals surface area contributed by atoms with Crippen molar-refractivity contribution >= 4 is 11.9 Å². The Bertz CT molecular complexity index is 414. The van der Waals surface area contributed by atoms with Gasteiger partial charge in [-0.1, -0.05) is 12.1 Å². The zero-order valence-corrected chi connectivity index (χ0v) is 10.5. The van der Waals surface area contributed by atoms with Crippen molar-refractivity contribution in [2.24, 2.45) is 0 Å². The molecule has 2 N–H and O–H groups in total. The number of phenolic OH excluding ortho intramolecular Hbond substituents is 1. The topological polar surface area (TPSA) is 75.6 Å². The first-order chi connectivity index (χ1) is 8.52.